The van der Waals surface area contributed by atoms with Crippen LogP contribution in [0.5, 0.6) is 5.75 Å². The molecule has 2 aromatic rings. The van der Waals surface area contributed by atoms with Gasteiger partial charge < -0.3 is 14.7 Å². The molecule has 1 aliphatic heterocycles. The van der Waals surface area contributed by atoms with Crippen LogP contribution >= 0.6 is 0 Å². The number of amides is 1. The van der Waals surface area contributed by atoms with Crippen LogP contribution in [0.4, 0.5) is 13.2 Å². The number of carbonyl (C=O) groups is 2. The number of carboxylic acid groups (broad SMARTS) is 1. The van der Waals surface area contributed by atoms with Crippen LogP contribution in [0.25, 0.3) is 0 Å². The first-order valence-corrected chi connectivity index (χ1v) is 9.97. The number of halogens is 3. The van der Waals surface area contributed by atoms with Gasteiger partial charge in [-0.3, -0.25) is 4.79 Å². The second-order valence-electron chi connectivity index (χ2n) is 8.10. The smallest absolute Gasteiger partial charge is 0.416 e. The highest BCUT2D eigenvalue weighted by Crippen LogP contribution is 2.36. The van der Waals surface area contributed by atoms with Crippen LogP contribution in [0.15, 0.2) is 48.5 Å². The Morgan fingerprint density at radius 2 is 1.58 bits per heavy atom. The highest BCUT2D eigenvalue weighted by molar-refractivity contribution is 5.94. The van der Waals surface area contributed by atoms with Crippen LogP contribution in [0.2, 0.25) is 0 Å². The van der Waals surface area contributed by atoms with Crippen molar-refractivity contribution in [3.05, 3.63) is 65.2 Å². The molecule has 0 aliphatic carbocycles. The molecule has 0 bridgehead atoms. The summed E-state index contributed by atoms with van der Waals surface area (Å²) in [5.41, 5.74) is -1.06. The molecule has 5 nitrogen and oxygen atoms in total. The van der Waals surface area contributed by atoms with Crippen LogP contribution in [0.1, 0.15) is 54.1 Å². The second kappa shape index (κ2) is 8.61. The number of hydrogen-bond donors (Lipinski definition) is 1. The van der Waals surface area contributed by atoms with Gasteiger partial charge in [0, 0.05) is 18.7 Å². The topological polar surface area (TPSA) is 66.8 Å². The summed E-state index contributed by atoms with van der Waals surface area (Å²) in [6.07, 6.45) is -3.16. The number of alkyl halides is 3. The Balaban J connectivity index is 1.67. The summed E-state index contributed by atoms with van der Waals surface area (Å²) >= 11 is 0. The largest absolute Gasteiger partial charge is 0.478 e. The number of rotatable bonds is 5. The maximum atomic E-state index is 12.7. The average Bonchev–Trinajstić information content (AvgIpc) is 2.73. The fourth-order valence-corrected chi connectivity index (χ4v) is 3.61. The Kier molecular flexibility index (Phi) is 6.29. The van der Waals surface area contributed by atoms with E-state index >= 15 is 0 Å². The quantitative estimate of drug-likeness (QED) is 0.720. The number of hydrogen-bond acceptors (Lipinski definition) is 3. The number of carbonyl (C=O) groups excluding carboxylic acids is 1. The molecule has 0 aromatic heterocycles. The number of likely N-dealkylation sites (tertiary alicyclic amines) is 1. The lowest BCUT2D eigenvalue weighted by Gasteiger charge is -2.33. The van der Waals surface area contributed by atoms with Crippen molar-refractivity contribution in [2.75, 3.05) is 13.1 Å². The van der Waals surface area contributed by atoms with Crippen molar-refractivity contribution < 1.29 is 32.6 Å². The maximum absolute atomic E-state index is 12.7. The third kappa shape index (κ3) is 5.18. The molecule has 0 atom stereocenters. The van der Waals surface area contributed by atoms with Crippen molar-refractivity contribution in [2.24, 2.45) is 0 Å². The molecule has 0 saturated carbocycles. The monoisotopic (exact) mass is 435 g/mol. The van der Waals surface area contributed by atoms with Gasteiger partial charge in [0.1, 0.15) is 5.75 Å². The van der Waals surface area contributed by atoms with E-state index in [1.165, 1.54) is 26.0 Å². The zero-order valence-corrected chi connectivity index (χ0v) is 17.3. The summed E-state index contributed by atoms with van der Waals surface area (Å²) in [7, 11) is 0. The molecule has 3 rings (SSSR count). The van der Waals surface area contributed by atoms with Crippen molar-refractivity contribution in [1.82, 2.24) is 4.90 Å². The molecule has 8 heteroatoms. The Labute approximate surface area is 178 Å². The summed E-state index contributed by atoms with van der Waals surface area (Å²) in [4.78, 5) is 25.7. The molecule has 1 heterocycles. The fourth-order valence-electron chi connectivity index (χ4n) is 3.61. The van der Waals surface area contributed by atoms with Crippen molar-refractivity contribution in [1.29, 1.82) is 0 Å². The number of piperidine rings is 1. The van der Waals surface area contributed by atoms with E-state index in [1.54, 1.807) is 17.0 Å². The van der Waals surface area contributed by atoms with E-state index in [9.17, 15) is 27.9 Å². The van der Waals surface area contributed by atoms with Crippen LogP contribution in [-0.2, 0) is 11.0 Å². The lowest BCUT2D eigenvalue weighted by molar-refractivity contribution is -0.152. The van der Waals surface area contributed by atoms with Gasteiger partial charge >= 0.3 is 12.1 Å². The van der Waals surface area contributed by atoms with Crippen molar-refractivity contribution >= 4 is 11.9 Å². The van der Waals surface area contributed by atoms with Gasteiger partial charge in [-0.1, -0.05) is 18.2 Å². The van der Waals surface area contributed by atoms with Gasteiger partial charge in [-0.05, 0) is 68.5 Å². The molecule has 1 fully saturated rings. The standard InChI is InChI=1S/C23H24F3NO4/c1-22(2,21(29)30)31-19-6-4-3-5-18(19)15-11-13-27(14-12-15)20(28)16-7-9-17(10-8-16)23(24,25)26/h3-10,15H,11-14H2,1-2H3,(H,29,30). The first-order chi connectivity index (χ1) is 14.5. The molecule has 31 heavy (non-hydrogen) atoms. The van der Waals surface area contributed by atoms with Gasteiger partial charge in [-0.2, -0.15) is 13.2 Å². The van der Waals surface area contributed by atoms with E-state index in [4.69, 9.17) is 4.74 Å². The first kappa shape index (κ1) is 22.7. The lowest BCUT2D eigenvalue weighted by atomic mass is 9.88. The Hall–Kier alpha value is -3.03. The predicted octanol–water partition coefficient (Wildman–Crippen LogP) is 4.97. The fraction of sp³-hybridized carbons (Fsp3) is 0.391. The molecule has 1 saturated heterocycles. The summed E-state index contributed by atoms with van der Waals surface area (Å²) in [5.74, 6) is -0.789. The summed E-state index contributed by atoms with van der Waals surface area (Å²) in [5, 5.41) is 9.34. The number of carboxylic acids is 1. The molecule has 2 aromatic carbocycles. The highest BCUT2D eigenvalue weighted by Gasteiger charge is 2.33. The van der Waals surface area contributed by atoms with Crippen LogP contribution < -0.4 is 4.74 Å². The molecule has 1 N–H and O–H groups in total. The zero-order valence-electron chi connectivity index (χ0n) is 17.3. The van der Waals surface area contributed by atoms with E-state index < -0.39 is 23.3 Å². The van der Waals surface area contributed by atoms with Crippen molar-refractivity contribution in [2.45, 2.75) is 44.4 Å². The van der Waals surface area contributed by atoms with Crippen LogP contribution in [0, 0.1) is 0 Å². The van der Waals surface area contributed by atoms with Crippen molar-refractivity contribution in [3.63, 3.8) is 0 Å². The highest BCUT2D eigenvalue weighted by atomic mass is 19.4. The molecule has 1 aliphatic rings. The molecule has 1 amide bonds. The zero-order chi connectivity index (χ0) is 22.8. The van der Waals surface area contributed by atoms with Gasteiger partial charge in [-0.15, -0.1) is 0 Å². The first-order valence-electron chi connectivity index (χ1n) is 9.97. The molecule has 0 spiro atoms. The normalized spacial score (nSPS) is 15.6. The summed E-state index contributed by atoms with van der Waals surface area (Å²) < 4.78 is 43.9. The molecular weight excluding hydrogens is 411 g/mol. The van der Waals surface area contributed by atoms with E-state index in [0.29, 0.717) is 31.7 Å². The number of para-hydroxylation sites is 1. The molecule has 0 radical (unpaired) electrons. The number of nitrogens with zero attached hydrogens (tertiary/aromatic N) is 1. The maximum Gasteiger partial charge on any atom is 0.416 e. The summed E-state index contributed by atoms with van der Waals surface area (Å²) in [6, 6.07) is 11.5. The average molecular weight is 435 g/mol. The van der Waals surface area contributed by atoms with Crippen LogP contribution in [0.3, 0.4) is 0 Å². The Bertz CT molecular complexity index is 946. The van der Waals surface area contributed by atoms with E-state index in [1.807, 2.05) is 12.1 Å². The molecule has 166 valence electrons. The van der Waals surface area contributed by atoms with Gasteiger partial charge in [0.2, 0.25) is 0 Å². The molecular formula is C23H24F3NO4. The van der Waals surface area contributed by atoms with E-state index in [-0.39, 0.29) is 17.4 Å². The number of benzene rings is 2. The third-order valence-electron chi connectivity index (χ3n) is 5.48. The van der Waals surface area contributed by atoms with Gasteiger partial charge in [0.25, 0.3) is 5.91 Å². The minimum Gasteiger partial charge on any atom is -0.478 e. The third-order valence-corrected chi connectivity index (χ3v) is 5.48. The van der Waals surface area contributed by atoms with E-state index in [0.717, 1.165) is 17.7 Å². The number of ether oxygens (including phenoxy) is 1. The van der Waals surface area contributed by atoms with Gasteiger partial charge in [0.05, 0.1) is 5.56 Å². The van der Waals surface area contributed by atoms with Crippen LogP contribution in [-0.4, -0.2) is 40.6 Å². The lowest BCUT2D eigenvalue weighted by Crippen LogP contribution is -2.39. The minimum atomic E-state index is -4.44. The summed E-state index contributed by atoms with van der Waals surface area (Å²) in [6.45, 7) is 3.86. The number of aliphatic carboxylic acids is 1. The second-order valence-corrected chi connectivity index (χ2v) is 8.10. The predicted molar refractivity (Wildman–Crippen MR) is 108 cm³/mol. The molecule has 0 unspecified atom stereocenters. The van der Waals surface area contributed by atoms with Gasteiger partial charge in [0.15, 0.2) is 5.60 Å². The SMILES string of the molecule is CC(C)(Oc1ccccc1C1CCN(C(=O)c2ccc(C(F)(F)F)cc2)CC1)C(=O)O. The Morgan fingerprint density at radius 3 is 2.13 bits per heavy atom. The van der Waals surface area contributed by atoms with E-state index in [2.05, 4.69) is 0 Å². The van der Waals surface area contributed by atoms with Crippen molar-refractivity contribution in [3.8, 4) is 5.75 Å². The Morgan fingerprint density at radius 1 is 1.00 bits per heavy atom. The minimum absolute atomic E-state index is 0.0810. The van der Waals surface area contributed by atoms with Gasteiger partial charge in [-0.25, -0.2) is 4.79 Å².